The van der Waals surface area contributed by atoms with Crippen LogP contribution in [0.4, 0.5) is 18.9 Å². The van der Waals surface area contributed by atoms with Gasteiger partial charge in [0.2, 0.25) is 0 Å². The number of amides is 2. The van der Waals surface area contributed by atoms with Crippen molar-refractivity contribution in [3.05, 3.63) is 52.3 Å². The van der Waals surface area contributed by atoms with Crippen LogP contribution in [0.15, 0.2) is 23.3 Å². The fourth-order valence-corrected chi connectivity index (χ4v) is 5.23. The number of anilines is 1. The topological polar surface area (TPSA) is 119 Å². The molecular weight excluding hydrogens is 463 g/mol. The lowest BCUT2D eigenvalue weighted by Crippen LogP contribution is -2.67. The molecule has 1 aliphatic heterocycles. The molecule has 4 rings (SSSR count). The number of hydrogen-bond donors (Lipinski definition) is 3. The number of Topliss-reactive ketones (excluding diaryl/α,β-unsaturated/α-hetero) is 1. The second-order valence-corrected chi connectivity index (χ2v) is 9.48. The number of nitrogens with two attached hydrogens (primary N) is 1. The molecule has 1 aromatic carbocycles. The summed E-state index contributed by atoms with van der Waals surface area (Å²) in [6, 6.07) is 2.97. The number of nitrogens with zero attached hydrogens (tertiary/aromatic N) is 2. The van der Waals surface area contributed by atoms with Crippen molar-refractivity contribution in [1.82, 2.24) is 9.88 Å². The number of benzene rings is 1. The molecule has 0 bridgehead atoms. The average molecular weight is 489 g/mol. The first kappa shape index (κ1) is 24.5. The molecule has 2 amide bonds. The number of carbonyl (C=O) groups excluding carboxylic acids is 3. The Kier molecular flexibility index (Phi) is 5.98. The van der Waals surface area contributed by atoms with Gasteiger partial charge in [0, 0.05) is 36.8 Å². The molecule has 4 N–H and O–H groups in total. The van der Waals surface area contributed by atoms with Crippen molar-refractivity contribution >= 4 is 29.0 Å². The lowest BCUT2D eigenvalue weighted by atomic mass is 9.64. The number of carbonyl (C=O) groups is 3. The van der Waals surface area contributed by atoms with Crippen LogP contribution in [0, 0.1) is 18.6 Å². The van der Waals surface area contributed by atoms with Crippen LogP contribution in [0.25, 0.3) is 0 Å². The molecule has 35 heavy (non-hydrogen) atoms. The van der Waals surface area contributed by atoms with Crippen LogP contribution in [-0.2, 0) is 17.8 Å². The average Bonchev–Trinajstić information content (AvgIpc) is 3.33. The van der Waals surface area contributed by atoms with Gasteiger partial charge in [-0.2, -0.15) is 5.10 Å². The van der Waals surface area contributed by atoms with Crippen molar-refractivity contribution in [2.24, 2.45) is 10.9 Å². The number of aromatic nitrogens is 1. The van der Waals surface area contributed by atoms with Gasteiger partial charge >= 0.3 is 0 Å². The number of hydrazone groups is 1. The highest BCUT2D eigenvalue weighted by Crippen LogP contribution is 2.45. The molecule has 2 aromatic rings. The van der Waals surface area contributed by atoms with Gasteiger partial charge in [-0.15, -0.1) is 0 Å². The zero-order chi connectivity index (χ0) is 25.7. The maximum Gasteiger partial charge on any atom is 0.294 e. The molecule has 0 spiro atoms. The van der Waals surface area contributed by atoms with Crippen LogP contribution < -0.4 is 16.5 Å². The Morgan fingerprint density at radius 3 is 2.46 bits per heavy atom. The lowest BCUT2D eigenvalue weighted by Gasteiger charge is -2.50. The van der Waals surface area contributed by atoms with Gasteiger partial charge in [-0.25, -0.2) is 13.2 Å². The van der Waals surface area contributed by atoms with Gasteiger partial charge in [0.05, 0.1) is 22.5 Å². The summed E-state index contributed by atoms with van der Waals surface area (Å²) in [5.74, 6) is 0.791. The van der Waals surface area contributed by atoms with E-state index in [4.69, 9.17) is 5.84 Å². The van der Waals surface area contributed by atoms with Gasteiger partial charge < -0.3 is 21.0 Å². The van der Waals surface area contributed by atoms with Crippen LogP contribution in [0.5, 0.6) is 0 Å². The number of ketones is 1. The van der Waals surface area contributed by atoms with Crippen LogP contribution in [0.1, 0.15) is 65.2 Å². The number of hydrogen-bond acceptors (Lipinski definition) is 5. The summed E-state index contributed by atoms with van der Waals surface area (Å²) >= 11 is 0. The van der Waals surface area contributed by atoms with Gasteiger partial charge in [0.1, 0.15) is 5.67 Å². The van der Waals surface area contributed by atoms with Gasteiger partial charge in [-0.3, -0.25) is 14.4 Å². The molecule has 0 radical (unpaired) electrons. The van der Waals surface area contributed by atoms with Gasteiger partial charge in [0.25, 0.3) is 17.6 Å². The molecule has 1 saturated carbocycles. The summed E-state index contributed by atoms with van der Waals surface area (Å²) in [6.45, 7) is 4.93. The summed E-state index contributed by atoms with van der Waals surface area (Å²) < 4.78 is 42.7. The van der Waals surface area contributed by atoms with Gasteiger partial charge in [-0.05, 0) is 51.3 Å². The number of alkyl halides is 1. The molecule has 0 atom stereocenters. The standard InChI is InChI=1S/C24H26F3N5O3/c1-12-18(21(34)29-14-6-7-15(25)16(26)9-14)17-5-4-8-32(17)19(12)20(33)22(35)30-24(13(2)31-28)10-23(3,27)11-24/h6-7,9H,4-5,8,10-11,28H2,1-3H3,(H,29,34)(H,30,35)/b31-13+. The first-order valence-electron chi connectivity index (χ1n) is 11.2. The van der Waals surface area contributed by atoms with Crippen molar-refractivity contribution < 1.29 is 27.6 Å². The Labute approximate surface area is 199 Å². The zero-order valence-electron chi connectivity index (χ0n) is 19.6. The van der Waals surface area contributed by atoms with Crippen LogP contribution in [0.3, 0.4) is 0 Å². The van der Waals surface area contributed by atoms with Crippen LogP contribution in [0.2, 0.25) is 0 Å². The minimum Gasteiger partial charge on any atom is -0.341 e. The predicted molar refractivity (Wildman–Crippen MR) is 123 cm³/mol. The van der Waals surface area contributed by atoms with E-state index >= 15 is 0 Å². The first-order valence-corrected chi connectivity index (χ1v) is 11.2. The Morgan fingerprint density at radius 2 is 1.86 bits per heavy atom. The second-order valence-electron chi connectivity index (χ2n) is 9.48. The third-order valence-corrected chi connectivity index (χ3v) is 6.82. The predicted octanol–water partition coefficient (Wildman–Crippen LogP) is 3.17. The first-order chi connectivity index (χ1) is 16.4. The molecule has 1 aromatic heterocycles. The number of nitrogens with one attached hydrogen (secondary N) is 2. The smallest absolute Gasteiger partial charge is 0.294 e. The second kappa shape index (κ2) is 8.54. The molecule has 0 unspecified atom stereocenters. The maximum atomic E-state index is 14.3. The Hall–Kier alpha value is -3.63. The minimum atomic E-state index is -1.53. The molecule has 11 heteroatoms. The molecule has 186 valence electrons. The quantitative estimate of drug-likeness (QED) is 0.190. The van der Waals surface area contributed by atoms with E-state index < -0.39 is 40.4 Å². The third-order valence-electron chi connectivity index (χ3n) is 6.82. The van der Waals surface area contributed by atoms with E-state index in [1.807, 2.05) is 0 Å². The van der Waals surface area contributed by atoms with Gasteiger partial charge in [-0.1, -0.05) is 0 Å². The molecular formula is C24H26F3N5O3. The van der Waals surface area contributed by atoms with E-state index in [9.17, 15) is 27.6 Å². The van der Waals surface area contributed by atoms with E-state index in [1.165, 1.54) is 13.0 Å². The monoisotopic (exact) mass is 489 g/mol. The minimum absolute atomic E-state index is 0.0506. The molecule has 1 fully saturated rings. The van der Waals surface area contributed by atoms with Crippen LogP contribution in [-0.4, -0.2) is 39.1 Å². The van der Waals surface area contributed by atoms with Crippen molar-refractivity contribution in [3.8, 4) is 0 Å². The summed E-state index contributed by atoms with van der Waals surface area (Å²) in [4.78, 5) is 39.3. The van der Waals surface area contributed by atoms with Crippen molar-refractivity contribution in [3.63, 3.8) is 0 Å². The number of rotatable bonds is 6. The fraction of sp³-hybridized carbons (Fsp3) is 0.417. The Morgan fingerprint density at radius 1 is 1.17 bits per heavy atom. The summed E-state index contributed by atoms with van der Waals surface area (Å²) in [5, 5.41) is 8.74. The Balaban J connectivity index is 1.63. The highest BCUT2D eigenvalue weighted by molar-refractivity contribution is 6.43. The molecule has 8 nitrogen and oxygen atoms in total. The van der Waals surface area contributed by atoms with Crippen molar-refractivity contribution in [2.75, 3.05) is 5.32 Å². The highest BCUT2D eigenvalue weighted by Gasteiger charge is 2.56. The molecule has 2 heterocycles. The van der Waals surface area contributed by atoms with E-state index in [1.54, 1.807) is 18.4 Å². The van der Waals surface area contributed by atoms with E-state index in [0.29, 0.717) is 36.4 Å². The van der Waals surface area contributed by atoms with Crippen LogP contribution >= 0.6 is 0 Å². The SMILES string of the molecule is C/C(=N\N)C1(NC(=O)C(=O)c2c(C)c(C(=O)Nc3ccc(F)c(F)c3)c3n2CCC3)CC(C)(F)C1. The summed E-state index contributed by atoms with van der Waals surface area (Å²) in [6.07, 6.45) is 1.02. The van der Waals surface area contributed by atoms with E-state index in [0.717, 1.165) is 12.1 Å². The highest BCUT2D eigenvalue weighted by atomic mass is 19.2. The third kappa shape index (κ3) is 4.19. The maximum absolute atomic E-state index is 14.3. The normalized spacial score (nSPS) is 23.4. The number of halogens is 3. The molecule has 1 aliphatic carbocycles. The van der Waals surface area contributed by atoms with Gasteiger partial charge in [0.15, 0.2) is 11.6 Å². The summed E-state index contributed by atoms with van der Waals surface area (Å²) in [7, 11) is 0. The zero-order valence-corrected chi connectivity index (χ0v) is 19.6. The molecule has 0 saturated heterocycles. The largest absolute Gasteiger partial charge is 0.341 e. The Bertz CT molecular complexity index is 1270. The number of fused-ring (bicyclic) bond motifs is 1. The molecule has 2 aliphatic rings. The van der Waals surface area contributed by atoms with E-state index in [-0.39, 0.29) is 29.8 Å². The summed E-state index contributed by atoms with van der Waals surface area (Å²) in [5.41, 5.74) is -1.20. The van der Waals surface area contributed by atoms with E-state index in [2.05, 4.69) is 15.7 Å². The van der Waals surface area contributed by atoms with Crippen molar-refractivity contribution in [1.29, 1.82) is 0 Å². The fourth-order valence-electron chi connectivity index (χ4n) is 5.23. The van der Waals surface area contributed by atoms with Crippen molar-refractivity contribution in [2.45, 2.75) is 64.2 Å². The lowest BCUT2D eigenvalue weighted by molar-refractivity contribution is -0.120.